The number of benzene rings is 1. The number of Topliss-reactive ketones (excluding diaryl/α,β-unsaturated/α-hetero) is 1. The molecule has 2 spiro atoms. The molecule has 5 saturated heterocycles. The molecule has 0 saturated carbocycles. The number of ether oxygens (including phenoxy) is 7. The van der Waals surface area contributed by atoms with E-state index in [9.17, 15) is 29.4 Å². The first kappa shape index (κ1) is 61.4. The molecular weight excluding hydrogens is 1000 g/mol. The third-order valence-corrected chi connectivity index (χ3v) is 19.3. The molecular formula is C61H93ClN2O13. The Bertz CT molecular complexity index is 2290. The lowest BCUT2D eigenvalue weighted by Gasteiger charge is -2.54. The smallest absolute Gasteiger partial charge is 0.313 e. The molecule has 7 unspecified atom stereocenters. The monoisotopic (exact) mass is 1100 g/mol. The Labute approximate surface area is 464 Å². The fourth-order valence-electron chi connectivity index (χ4n) is 13.9. The van der Waals surface area contributed by atoms with E-state index < -0.39 is 76.8 Å². The molecule has 0 aromatic heterocycles. The molecule has 6 aliphatic rings. The Morgan fingerprint density at radius 1 is 0.909 bits per heavy atom. The number of halogens is 1. The minimum atomic E-state index is -1.40. The number of carbonyl (C=O) groups excluding carboxylic acids is 4. The van der Waals surface area contributed by atoms with Gasteiger partial charge in [0, 0.05) is 74.8 Å². The molecule has 432 valence electrons. The molecule has 5 fully saturated rings. The number of hydrogen-bond acceptors (Lipinski definition) is 14. The SMILES string of the molecule is CCC(C(=O)N1CCN(CC(/C=C\c2ccc(Cl)cc2C)C(=O)OC)CC1)[C@H]1CC[C@H](C)[C@H](C(C)C(O)[C@H](C)C(=O)[C@H](CC)[C@H]2O[C@]3(C=C[C@@H](OC(C)=O)[C@]4(CC[C@@](C)([C@H]5CC[C@](O)(CC)C(C)O5)O4)O3)C(C)CC2C)O1. The van der Waals surface area contributed by atoms with Crippen LogP contribution in [0.3, 0.4) is 0 Å². The number of esters is 2. The molecule has 0 bridgehead atoms. The van der Waals surface area contributed by atoms with Crippen LogP contribution in [-0.4, -0.2) is 149 Å². The van der Waals surface area contributed by atoms with Gasteiger partial charge in [0.1, 0.15) is 5.78 Å². The Kier molecular flexibility index (Phi) is 20.1. The van der Waals surface area contributed by atoms with E-state index in [0.29, 0.717) is 89.1 Å². The number of aliphatic hydroxyl groups excluding tert-OH is 1. The van der Waals surface area contributed by atoms with Crippen molar-refractivity contribution < 1.29 is 62.5 Å². The summed E-state index contributed by atoms with van der Waals surface area (Å²) in [5, 5.41) is 24.1. The maximum atomic E-state index is 14.9. The summed E-state index contributed by atoms with van der Waals surface area (Å²) in [7, 11) is 1.40. The molecule has 1 amide bonds. The van der Waals surface area contributed by atoms with Gasteiger partial charge in [0.15, 0.2) is 11.9 Å². The fourth-order valence-corrected chi connectivity index (χ4v) is 14.1. The summed E-state index contributed by atoms with van der Waals surface area (Å²) in [4.78, 5) is 58.9. The van der Waals surface area contributed by atoms with Gasteiger partial charge < -0.3 is 48.3 Å². The van der Waals surface area contributed by atoms with E-state index >= 15 is 0 Å². The van der Waals surface area contributed by atoms with E-state index in [1.165, 1.54) is 14.0 Å². The number of nitrogens with zero attached hydrogens (tertiary/aromatic N) is 2. The molecule has 2 N–H and O–H groups in total. The van der Waals surface area contributed by atoms with Crippen LogP contribution >= 0.6 is 11.6 Å². The lowest BCUT2D eigenvalue weighted by Crippen LogP contribution is -2.63. The van der Waals surface area contributed by atoms with Crippen LogP contribution in [0.5, 0.6) is 0 Å². The molecule has 0 radical (unpaired) electrons. The van der Waals surface area contributed by atoms with Crippen molar-refractivity contribution in [2.75, 3.05) is 39.8 Å². The lowest BCUT2D eigenvalue weighted by molar-refractivity contribution is -0.409. The van der Waals surface area contributed by atoms with Crippen LogP contribution in [0.2, 0.25) is 5.02 Å². The first-order valence-electron chi connectivity index (χ1n) is 29.1. The lowest BCUT2D eigenvalue weighted by atomic mass is 9.72. The molecule has 1 aromatic carbocycles. The summed E-state index contributed by atoms with van der Waals surface area (Å²) in [6.07, 6.45) is 9.55. The van der Waals surface area contributed by atoms with Crippen molar-refractivity contribution in [1.82, 2.24) is 9.80 Å². The molecule has 16 heteroatoms. The number of ketones is 1. The standard InChI is InChI=1S/C61H93ClN2O13/c1-14-47(56(68)64-31-29-63(30-32-64)35-45(57(69)71-13)19-18-44-20-21-46(62)34-37(44)5)49-22-17-36(4)54(74-49)41(9)52(66)40(8)53(67)48(15-2)55-38(6)33-39(7)60(75-55)26-24-51(73-43(11)65)61(77-60)28-27-58(12,76-61)50-23-25-59(70,16-3)42(10)72-50/h18-21,24,26,34,36,38-42,45,47-52,54-55,66,70H,14-17,22-23,25,27-33,35H2,1-13H3/b19-18-/t36-,38?,39?,40-,41?,42?,45?,47?,48-,49+,50+,51+,52?,54+,55-,58-,59+,60-,61-/m0/s1. The normalized spacial score (nSPS) is 37.3. The summed E-state index contributed by atoms with van der Waals surface area (Å²) >= 11 is 6.17. The van der Waals surface area contributed by atoms with Crippen molar-refractivity contribution in [1.29, 1.82) is 0 Å². The zero-order valence-corrected chi connectivity index (χ0v) is 49.2. The van der Waals surface area contributed by atoms with E-state index in [1.54, 1.807) is 0 Å². The average Bonchev–Trinajstić information content (AvgIpc) is 3.75. The first-order valence-corrected chi connectivity index (χ1v) is 29.5. The molecule has 77 heavy (non-hydrogen) atoms. The minimum Gasteiger partial charge on any atom is -0.469 e. The van der Waals surface area contributed by atoms with Gasteiger partial charge in [0.2, 0.25) is 11.7 Å². The number of piperazine rings is 1. The van der Waals surface area contributed by atoms with Gasteiger partial charge in [-0.3, -0.25) is 24.1 Å². The quantitative estimate of drug-likeness (QED) is 0.105. The average molecular weight is 1100 g/mol. The van der Waals surface area contributed by atoms with Crippen LogP contribution in [0.4, 0.5) is 0 Å². The van der Waals surface area contributed by atoms with Crippen molar-refractivity contribution >= 4 is 41.3 Å². The van der Waals surface area contributed by atoms with Crippen LogP contribution in [0.1, 0.15) is 151 Å². The highest BCUT2D eigenvalue weighted by Gasteiger charge is 2.64. The predicted octanol–water partition coefficient (Wildman–Crippen LogP) is 9.28. The third kappa shape index (κ3) is 13.1. The fraction of sp³-hybridized carbons (Fsp3) is 0.770. The van der Waals surface area contributed by atoms with Crippen molar-refractivity contribution in [3.63, 3.8) is 0 Å². The van der Waals surface area contributed by atoms with Crippen LogP contribution in [-0.2, 0) is 52.3 Å². The zero-order chi connectivity index (χ0) is 56.4. The highest BCUT2D eigenvalue weighted by Crippen LogP contribution is 2.55. The number of carbonyl (C=O) groups is 4. The van der Waals surface area contributed by atoms with Crippen LogP contribution in [0.25, 0.3) is 6.08 Å². The molecule has 6 heterocycles. The van der Waals surface area contributed by atoms with Crippen molar-refractivity contribution in [3.8, 4) is 0 Å². The van der Waals surface area contributed by atoms with Crippen LogP contribution in [0.15, 0.2) is 36.4 Å². The molecule has 0 aliphatic carbocycles. The zero-order valence-electron chi connectivity index (χ0n) is 48.5. The molecule has 1 aromatic rings. The first-order chi connectivity index (χ1) is 36.4. The van der Waals surface area contributed by atoms with E-state index in [4.69, 9.17) is 44.8 Å². The largest absolute Gasteiger partial charge is 0.469 e. The summed E-state index contributed by atoms with van der Waals surface area (Å²) in [5.74, 6) is -6.23. The summed E-state index contributed by atoms with van der Waals surface area (Å²) < 4.78 is 45.9. The number of aliphatic hydroxyl groups is 2. The van der Waals surface area contributed by atoms with Gasteiger partial charge in [-0.05, 0) is 126 Å². The van der Waals surface area contributed by atoms with Crippen LogP contribution in [0, 0.1) is 54.3 Å². The van der Waals surface area contributed by atoms with E-state index in [-0.39, 0.29) is 59.6 Å². The van der Waals surface area contributed by atoms with Crippen molar-refractivity contribution in [2.45, 2.75) is 213 Å². The minimum absolute atomic E-state index is 0.0346. The topological polar surface area (TPSA) is 180 Å². The number of methoxy groups -OCH3 is 1. The predicted molar refractivity (Wildman–Crippen MR) is 294 cm³/mol. The molecule has 15 nitrogen and oxygen atoms in total. The second kappa shape index (κ2) is 25.3. The molecule has 7 rings (SSSR count). The van der Waals surface area contributed by atoms with Gasteiger partial charge in [0.25, 0.3) is 0 Å². The number of amides is 1. The Morgan fingerprint density at radius 2 is 1.61 bits per heavy atom. The van der Waals surface area contributed by atoms with Gasteiger partial charge in [-0.25, -0.2) is 0 Å². The van der Waals surface area contributed by atoms with E-state index in [0.717, 1.165) is 24.0 Å². The summed E-state index contributed by atoms with van der Waals surface area (Å²) in [6, 6.07) is 5.65. The number of hydrogen-bond donors (Lipinski definition) is 2. The summed E-state index contributed by atoms with van der Waals surface area (Å²) in [5.41, 5.74) is 0.252. The Balaban J connectivity index is 0.987. The van der Waals surface area contributed by atoms with E-state index in [1.807, 2.05) is 103 Å². The molecule has 6 aliphatic heterocycles. The van der Waals surface area contributed by atoms with Crippen molar-refractivity contribution in [2.24, 2.45) is 47.3 Å². The number of aryl methyl sites for hydroxylation is 1. The highest BCUT2D eigenvalue weighted by molar-refractivity contribution is 6.30. The third-order valence-electron chi connectivity index (χ3n) is 19.1. The number of rotatable bonds is 18. The second-order valence-corrected chi connectivity index (χ2v) is 24.7. The van der Waals surface area contributed by atoms with Gasteiger partial charge in [-0.2, -0.15) is 0 Å². The van der Waals surface area contributed by atoms with Crippen LogP contribution < -0.4 is 0 Å². The highest BCUT2D eigenvalue weighted by atomic mass is 35.5. The second-order valence-electron chi connectivity index (χ2n) is 24.3. The maximum absolute atomic E-state index is 14.9. The Hall–Kier alpha value is -3.25. The maximum Gasteiger partial charge on any atom is 0.313 e. The summed E-state index contributed by atoms with van der Waals surface area (Å²) in [6.45, 7) is 26.1. The van der Waals surface area contributed by atoms with Gasteiger partial charge in [-0.1, -0.05) is 85.2 Å². The Morgan fingerprint density at radius 3 is 2.23 bits per heavy atom. The van der Waals surface area contributed by atoms with Gasteiger partial charge in [-0.15, -0.1) is 0 Å². The van der Waals surface area contributed by atoms with Crippen molar-refractivity contribution in [3.05, 3.63) is 52.6 Å². The molecule has 19 atom stereocenters. The van der Waals surface area contributed by atoms with E-state index in [2.05, 4.69) is 25.7 Å². The van der Waals surface area contributed by atoms with Gasteiger partial charge >= 0.3 is 11.9 Å². The van der Waals surface area contributed by atoms with Gasteiger partial charge in [0.05, 0.1) is 66.8 Å².